The van der Waals surface area contributed by atoms with E-state index in [0.717, 1.165) is 59.7 Å². The lowest BCUT2D eigenvalue weighted by molar-refractivity contribution is -0.159. The van der Waals surface area contributed by atoms with Gasteiger partial charge in [0.15, 0.2) is 0 Å². The number of halogens is 2. The Bertz CT molecular complexity index is 1860. The largest absolute Gasteiger partial charge is 0.473 e. The van der Waals surface area contributed by atoms with E-state index in [0.29, 0.717) is 0 Å². The van der Waals surface area contributed by atoms with Crippen LogP contribution in [0.5, 0.6) is 0 Å². The molecule has 8 heteroatoms. The number of carbonyl (C=O) groups is 2. The Labute approximate surface area is 303 Å². The molecule has 0 aliphatic rings. The summed E-state index contributed by atoms with van der Waals surface area (Å²) in [5.74, 6) is -3.65. The van der Waals surface area contributed by atoms with Crippen LogP contribution in [0.2, 0.25) is 10.0 Å². The summed E-state index contributed by atoms with van der Waals surface area (Å²) < 4.78 is 0. The van der Waals surface area contributed by atoms with Gasteiger partial charge in [0.1, 0.15) is 0 Å². The van der Waals surface area contributed by atoms with Crippen molar-refractivity contribution < 1.29 is 19.8 Å². The Morgan fingerprint density at radius 3 is 1.26 bits per heavy atom. The third kappa shape index (κ3) is 11.7. The first kappa shape index (κ1) is 38.1. The number of aliphatic carboxylic acids is 2. The van der Waals surface area contributed by atoms with E-state index in [1.54, 1.807) is 0 Å². The van der Waals surface area contributed by atoms with E-state index in [-0.39, 0.29) is 12.1 Å². The molecule has 0 amide bonds. The molecule has 6 rings (SSSR count). The molecular weight excluding hydrogens is 667 g/mol. The van der Waals surface area contributed by atoms with E-state index in [4.69, 9.17) is 54.5 Å². The van der Waals surface area contributed by atoms with Crippen LogP contribution in [-0.4, -0.2) is 22.2 Å². The Kier molecular flexibility index (Phi) is 14.8. The summed E-state index contributed by atoms with van der Waals surface area (Å²) in [4.78, 5) is 18.2. The highest BCUT2D eigenvalue weighted by Crippen LogP contribution is 2.25. The molecule has 258 valence electrons. The minimum Gasteiger partial charge on any atom is -0.473 e. The molecule has 0 radical (unpaired) electrons. The molecule has 0 aliphatic heterocycles. The van der Waals surface area contributed by atoms with Crippen LogP contribution in [0.15, 0.2) is 133 Å². The van der Waals surface area contributed by atoms with Gasteiger partial charge in [0, 0.05) is 22.1 Å². The monoisotopic (exact) mass is 708 g/mol. The quantitative estimate of drug-likeness (QED) is 0.105. The molecule has 0 bridgehead atoms. The van der Waals surface area contributed by atoms with Crippen LogP contribution in [0.1, 0.15) is 60.0 Å². The first-order valence-electron chi connectivity index (χ1n) is 16.5. The molecule has 6 nitrogen and oxygen atoms in total. The van der Waals surface area contributed by atoms with Crippen molar-refractivity contribution >= 4 is 56.7 Å². The van der Waals surface area contributed by atoms with Gasteiger partial charge in [-0.05, 0) is 107 Å². The van der Waals surface area contributed by atoms with Crippen LogP contribution in [0, 0.1) is 0 Å². The summed E-state index contributed by atoms with van der Waals surface area (Å²) in [7, 11) is 0. The molecule has 0 aromatic heterocycles. The third-order valence-electron chi connectivity index (χ3n) is 8.42. The molecule has 6 N–H and O–H groups in total. The van der Waals surface area contributed by atoms with E-state index in [2.05, 4.69) is 97.1 Å². The second kappa shape index (κ2) is 19.5. The Balaban J connectivity index is 0.000000194. The van der Waals surface area contributed by atoms with Gasteiger partial charge in [-0.2, -0.15) is 0 Å². The summed E-state index contributed by atoms with van der Waals surface area (Å²) in [5.41, 5.74) is 17.6. The lowest BCUT2D eigenvalue weighted by atomic mass is 9.97. The number of rotatable bonds is 10. The van der Waals surface area contributed by atoms with Crippen molar-refractivity contribution in [2.24, 2.45) is 11.5 Å². The van der Waals surface area contributed by atoms with Gasteiger partial charge in [-0.3, -0.25) is 0 Å². The van der Waals surface area contributed by atoms with Crippen LogP contribution in [0.4, 0.5) is 0 Å². The van der Waals surface area contributed by atoms with Crippen LogP contribution in [0.25, 0.3) is 21.5 Å². The highest BCUT2D eigenvalue weighted by Gasteiger charge is 2.09. The molecule has 0 fully saturated rings. The predicted octanol–water partition coefficient (Wildman–Crippen LogP) is 10.2. The highest BCUT2D eigenvalue weighted by molar-refractivity contribution is 6.31. The maximum atomic E-state index is 9.10. The fourth-order valence-electron chi connectivity index (χ4n) is 5.85. The van der Waals surface area contributed by atoms with Crippen molar-refractivity contribution in [2.75, 3.05) is 0 Å². The summed E-state index contributed by atoms with van der Waals surface area (Å²) in [6, 6.07) is 45.9. The summed E-state index contributed by atoms with van der Waals surface area (Å²) in [6.07, 6.45) is 6.17. The van der Waals surface area contributed by atoms with E-state index >= 15 is 0 Å². The molecule has 2 unspecified atom stereocenters. The fraction of sp³-hybridized carbons (Fsp3) is 0.190. The van der Waals surface area contributed by atoms with Crippen LogP contribution >= 0.6 is 23.2 Å². The molecule has 6 aromatic rings. The summed E-state index contributed by atoms with van der Waals surface area (Å²) >= 11 is 12.1. The van der Waals surface area contributed by atoms with Gasteiger partial charge in [0.05, 0.1) is 0 Å². The number of benzene rings is 6. The van der Waals surface area contributed by atoms with Crippen molar-refractivity contribution in [2.45, 2.75) is 50.6 Å². The normalized spacial score (nSPS) is 11.8. The molecule has 0 spiro atoms. The molecule has 50 heavy (non-hydrogen) atoms. The Morgan fingerprint density at radius 2 is 0.880 bits per heavy atom. The van der Waals surface area contributed by atoms with Crippen LogP contribution in [-0.2, 0) is 22.4 Å². The SMILES string of the molecule is NC(CCCc1cccc2ccccc12)c1cccc(Cl)c1.NC(CCCc1cccc2ccccc12)c1cccc(Cl)c1.O=C(O)C(=O)O. The van der Waals surface area contributed by atoms with E-state index in [1.165, 1.54) is 32.7 Å². The first-order chi connectivity index (χ1) is 24.1. The number of fused-ring (bicyclic) bond motifs is 2. The molecule has 0 saturated carbocycles. The average molecular weight is 710 g/mol. The second-order valence-corrected chi connectivity index (χ2v) is 12.9. The van der Waals surface area contributed by atoms with Gasteiger partial charge < -0.3 is 21.7 Å². The molecule has 6 aromatic carbocycles. The predicted molar refractivity (Wildman–Crippen MR) is 206 cm³/mol. The zero-order chi connectivity index (χ0) is 35.9. The van der Waals surface area contributed by atoms with Gasteiger partial charge in [-0.1, -0.05) is 132 Å². The smallest absolute Gasteiger partial charge is 0.414 e. The van der Waals surface area contributed by atoms with E-state index in [1.807, 2.05) is 36.4 Å². The lowest BCUT2D eigenvalue weighted by Crippen LogP contribution is -2.10. The van der Waals surface area contributed by atoms with Gasteiger partial charge in [0.25, 0.3) is 0 Å². The maximum Gasteiger partial charge on any atom is 0.414 e. The number of carboxylic acids is 2. The number of hydrogen-bond donors (Lipinski definition) is 4. The maximum absolute atomic E-state index is 9.10. The Morgan fingerprint density at radius 1 is 0.520 bits per heavy atom. The topological polar surface area (TPSA) is 127 Å². The van der Waals surface area contributed by atoms with Crippen molar-refractivity contribution in [3.63, 3.8) is 0 Å². The van der Waals surface area contributed by atoms with E-state index in [9.17, 15) is 0 Å². The lowest BCUT2D eigenvalue weighted by Gasteiger charge is -2.13. The summed E-state index contributed by atoms with van der Waals surface area (Å²) in [6.45, 7) is 0. The average Bonchev–Trinajstić information content (AvgIpc) is 3.12. The van der Waals surface area contributed by atoms with Gasteiger partial charge in [-0.15, -0.1) is 0 Å². The van der Waals surface area contributed by atoms with Crippen LogP contribution < -0.4 is 11.5 Å². The highest BCUT2D eigenvalue weighted by atomic mass is 35.5. The van der Waals surface area contributed by atoms with Crippen molar-refractivity contribution in [3.05, 3.63) is 166 Å². The number of hydrogen-bond acceptors (Lipinski definition) is 4. The summed E-state index contributed by atoms with van der Waals surface area (Å²) in [5, 5.41) is 21.6. The first-order valence-corrected chi connectivity index (χ1v) is 17.3. The van der Waals surface area contributed by atoms with Crippen molar-refractivity contribution in [1.82, 2.24) is 0 Å². The van der Waals surface area contributed by atoms with Gasteiger partial charge in [0.2, 0.25) is 0 Å². The van der Waals surface area contributed by atoms with E-state index < -0.39 is 11.9 Å². The second-order valence-electron chi connectivity index (χ2n) is 12.0. The zero-order valence-electron chi connectivity index (χ0n) is 27.7. The number of aryl methyl sites for hydroxylation is 2. The number of carboxylic acid groups (broad SMARTS) is 2. The van der Waals surface area contributed by atoms with Gasteiger partial charge >= 0.3 is 11.9 Å². The standard InChI is InChI=1S/2C20H20ClN.C2H2O4/c2*21-18-11-4-10-17(14-18)20(22)13-5-9-16-8-3-7-15-6-1-2-12-19(15)16;3-1(4)2(5)6/h2*1-4,6-8,10-12,14,20H,5,9,13,22H2;(H,3,4)(H,5,6). The minimum atomic E-state index is -1.82. The van der Waals surface area contributed by atoms with Gasteiger partial charge in [-0.25, -0.2) is 9.59 Å². The van der Waals surface area contributed by atoms with Crippen molar-refractivity contribution in [1.29, 1.82) is 0 Å². The minimum absolute atomic E-state index is 0.0497. The molecule has 0 aliphatic carbocycles. The Hall–Kier alpha value is -4.72. The molecule has 2 atom stereocenters. The molecule has 0 saturated heterocycles. The zero-order valence-corrected chi connectivity index (χ0v) is 29.2. The van der Waals surface area contributed by atoms with Crippen molar-refractivity contribution in [3.8, 4) is 0 Å². The molecular formula is C42H42Cl2N2O4. The third-order valence-corrected chi connectivity index (χ3v) is 8.89. The molecule has 0 heterocycles. The van der Waals surface area contributed by atoms with Crippen LogP contribution in [0.3, 0.4) is 0 Å². The number of nitrogens with two attached hydrogens (primary N) is 2. The fourth-order valence-corrected chi connectivity index (χ4v) is 6.25.